The lowest BCUT2D eigenvalue weighted by Crippen LogP contribution is -2.25. The number of Topliss-reactive ketones (excluding diaryl/α,β-unsaturated/α-hetero) is 1. The van der Waals surface area contributed by atoms with Gasteiger partial charge in [0.25, 0.3) is 0 Å². The van der Waals surface area contributed by atoms with E-state index in [-0.39, 0.29) is 30.3 Å². The van der Waals surface area contributed by atoms with Gasteiger partial charge in [-0.1, -0.05) is 23.4 Å². The number of aromatic amines is 1. The van der Waals surface area contributed by atoms with Gasteiger partial charge in [-0.2, -0.15) is 4.98 Å². The van der Waals surface area contributed by atoms with Crippen LogP contribution in [0.25, 0.3) is 22.3 Å². The number of benzene rings is 2. The van der Waals surface area contributed by atoms with E-state index in [0.29, 0.717) is 17.0 Å². The Bertz CT molecular complexity index is 1240. The summed E-state index contributed by atoms with van der Waals surface area (Å²) in [5.41, 5.74) is 2.72. The molecule has 0 aliphatic carbocycles. The molecule has 7 nitrogen and oxygen atoms in total. The SMILES string of the molecule is Cc1[nH]c2ccccc2c1C(=O)C(C)OC(=O)CCc1nc(-c2ccc(F)cc2)no1. The summed E-state index contributed by atoms with van der Waals surface area (Å²) in [5.74, 6) is -0.606. The van der Waals surface area contributed by atoms with Crippen molar-refractivity contribution in [2.45, 2.75) is 32.8 Å². The zero-order valence-electron chi connectivity index (χ0n) is 17.0. The molecule has 0 fully saturated rings. The summed E-state index contributed by atoms with van der Waals surface area (Å²) in [7, 11) is 0. The van der Waals surface area contributed by atoms with Crippen molar-refractivity contribution in [1.82, 2.24) is 15.1 Å². The zero-order valence-corrected chi connectivity index (χ0v) is 17.0. The molecule has 0 saturated carbocycles. The molecule has 0 bridgehead atoms. The third-order valence-electron chi connectivity index (χ3n) is 4.93. The lowest BCUT2D eigenvalue weighted by Gasteiger charge is -2.12. The Hall–Kier alpha value is -3.81. The average Bonchev–Trinajstić information content (AvgIpc) is 3.36. The van der Waals surface area contributed by atoms with Crippen LogP contribution in [0, 0.1) is 12.7 Å². The van der Waals surface area contributed by atoms with Crippen LogP contribution in [0.15, 0.2) is 53.1 Å². The molecule has 31 heavy (non-hydrogen) atoms. The quantitative estimate of drug-likeness (QED) is 0.351. The molecule has 1 unspecified atom stereocenters. The molecule has 158 valence electrons. The van der Waals surface area contributed by atoms with Crippen molar-refractivity contribution in [3.63, 3.8) is 0 Å². The summed E-state index contributed by atoms with van der Waals surface area (Å²) >= 11 is 0. The van der Waals surface area contributed by atoms with Gasteiger partial charge in [-0.25, -0.2) is 4.39 Å². The van der Waals surface area contributed by atoms with E-state index in [4.69, 9.17) is 9.26 Å². The zero-order chi connectivity index (χ0) is 22.0. The van der Waals surface area contributed by atoms with Gasteiger partial charge < -0.3 is 14.2 Å². The number of fused-ring (bicyclic) bond motifs is 1. The van der Waals surface area contributed by atoms with Gasteiger partial charge in [0.05, 0.1) is 6.42 Å². The van der Waals surface area contributed by atoms with E-state index in [1.165, 1.54) is 24.3 Å². The minimum atomic E-state index is -0.928. The topological polar surface area (TPSA) is 98.1 Å². The number of aromatic nitrogens is 3. The van der Waals surface area contributed by atoms with Gasteiger partial charge in [-0.15, -0.1) is 0 Å². The van der Waals surface area contributed by atoms with Gasteiger partial charge in [0, 0.05) is 34.1 Å². The van der Waals surface area contributed by atoms with Crippen molar-refractivity contribution in [2.24, 2.45) is 0 Å². The molecule has 0 spiro atoms. The Labute approximate surface area is 177 Å². The Kier molecular flexibility index (Phi) is 5.62. The molecule has 4 rings (SSSR count). The number of halogens is 1. The molecule has 8 heteroatoms. The number of H-pyrrole nitrogens is 1. The highest BCUT2D eigenvalue weighted by Crippen LogP contribution is 2.24. The van der Waals surface area contributed by atoms with Crippen molar-refractivity contribution < 1.29 is 23.2 Å². The number of hydrogen-bond acceptors (Lipinski definition) is 6. The van der Waals surface area contributed by atoms with Crippen molar-refractivity contribution in [1.29, 1.82) is 0 Å². The van der Waals surface area contributed by atoms with Gasteiger partial charge in [-0.05, 0) is 44.2 Å². The largest absolute Gasteiger partial charge is 0.454 e. The Balaban J connectivity index is 1.36. The standard InChI is InChI=1S/C23H20FN3O4/c1-13-21(17-5-3-4-6-18(17)25-13)22(29)14(2)30-20(28)12-11-19-26-23(27-31-19)15-7-9-16(24)10-8-15/h3-10,14,25H,11-12H2,1-2H3. The average molecular weight is 421 g/mol. The van der Waals surface area contributed by atoms with Crippen LogP contribution in [0.3, 0.4) is 0 Å². The second kappa shape index (κ2) is 8.51. The molecule has 0 saturated heterocycles. The van der Waals surface area contributed by atoms with Crippen LogP contribution in [0.5, 0.6) is 0 Å². The van der Waals surface area contributed by atoms with Crippen molar-refractivity contribution in [3.05, 3.63) is 71.5 Å². The van der Waals surface area contributed by atoms with Crippen LogP contribution in [-0.4, -0.2) is 33.0 Å². The van der Waals surface area contributed by atoms with Crippen LogP contribution in [0.2, 0.25) is 0 Å². The summed E-state index contributed by atoms with van der Waals surface area (Å²) in [6.45, 7) is 3.37. The predicted octanol–water partition coefficient (Wildman–Crippen LogP) is 4.41. The summed E-state index contributed by atoms with van der Waals surface area (Å²) in [4.78, 5) is 32.5. The minimum Gasteiger partial charge on any atom is -0.454 e. The second-order valence-electron chi connectivity index (χ2n) is 7.19. The van der Waals surface area contributed by atoms with Crippen LogP contribution in [-0.2, 0) is 16.0 Å². The third kappa shape index (κ3) is 4.37. The van der Waals surface area contributed by atoms with E-state index in [0.717, 1.165) is 16.6 Å². The van der Waals surface area contributed by atoms with E-state index in [1.54, 1.807) is 6.92 Å². The molecular formula is C23H20FN3O4. The Morgan fingerprint density at radius 1 is 1.16 bits per heavy atom. The fourth-order valence-corrected chi connectivity index (χ4v) is 3.39. The van der Waals surface area contributed by atoms with Crippen LogP contribution in [0.1, 0.15) is 35.3 Å². The number of aryl methyl sites for hydroxylation is 2. The minimum absolute atomic E-state index is 0.0183. The Morgan fingerprint density at radius 2 is 1.90 bits per heavy atom. The number of carbonyl (C=O) groups is 2. The molecule has 0 amide bonds. The molecule has 1 N–H and O–H groups in total. The maximum atomic E-state index is 13.0. The number of nitrogens with zero attached hydrogens (tertiary/aromatic N) is 2. The predicted molar refractivity (Wildman–Crippen MR) is 111 cm³/mol. The highest BCUT2D eigenvalue weighted by molar-refractivity contribution is 6.11. The highest BCUT2D eigenvalue weighted by Gasteiger charge is 2.24. The fourth-order valence-electron chi connectivity index (χ4n) is 3.39. The number of hydrogen-bond donors (Lipinski definition) is 1. The van der Waals surface area contributed by atoms with E-state index in [1.807, 2.05) is 31.2 Å². The molecule has 0 radical (unpaired) electrons. The number of rotatable bonds is 7. The third-order valence-corrected chi connectivity index (χ3v) is 4.93. The first kappa shape index (κ1) is 20.5. The van der Waals surface area contributed by atoms with E-state index >= 15 is 0 Å². The number of ketones is 1. The van der Waals surface area contributed by atoms with Gasteiger partial charge in [0.1, 0.15) is 5.82 Å². The monoisotopic (exact) mass is 421 g/mol. The highest BCUT2D eigenvalue weighted by atomic mass is 19.1. The van der Waals surface area contributed by atoms with Crippen molar-refractivity contribution >= 4 is 22.7 Å². The van der Waals surface area contributed by atoms with Gasteiger partial charge in [-0.3, -0.25) is 9.59 Å². The molecule has 2 aromatic carbocycles. The normalized spacial score (nSPS) is 12.1. The van der Waals surface area contributed by atoms with E-state index in [2.05, 4.69) is 15.1 Å². The molecule has 2 heterocycles. The van der Waals surface area contributed by atoms with Crippen molar-refractivity contribution in [3.8, 4) is 11.4 Å². The molecule has 4 aromatic rings. The fraction of sp³-hybridized carbons (Fsp3) is 0.217. The molecular weight excluding hydrogens is 401 g/mol. The van der Waals surface area contributed by atoms with E-state index < -0.39 is 12.1 Å². The summed E-state index contributed by atoms with van der Waals surface area (Å²) in [6, 6.07) is 13.2. The molecule has 2 aromatic heterocycles. The number of nitrogens with one attached hydrogen (secondary N) is 1. The number of para-hydroxylation sites is 1. The van der Waals surface area contributed by atoms with Crippen LogP contribution < -0.4 is 0 Å². The summed E-state index contributed by atoms with van der Waals surface area (Å²) in [6.07, 6.45) is -0.779. The maximum Gasteiger partial charge on any atom is 0.307 e. The molecule has 0 aliphatic heterocycles. The van der Waals surface area contributed by atoms with Gasteiger partial charge in [0.15, 0.2) is 6.10 Å². The number of ether oxygens (including phenoxy) is 1. The van der Waals surface area contributed by atoms with Gasteiger partial charge >= 0.3 is 5.97 Å². The summed E-state index contributed by atoms with van der Waals surface area (Å²) in [5, 5.41) is 4.64. The van der Waals surface area contributed by atoms with E-state index in [9.17, 15) is 14.0 Å². The summed E-state index contributed by atoms with van der Waals surface area (Å²) < 4.78 is 23.5. The smallest absolute Gasteiger partial charge is 0.307 e. The first-order valence-electron chi connectivity index (χ1n) is 9.82. The van der Waals surface area contributed by atoms with Crippen LogP contribution >= 0.6 is 0 Å². The first-order chi connectivity index (χ1) is 14.9. The second-order valence-corrected chi connectivity index (χ2v) is 7.19. The lowest BCUT2D eigenvalue weighted by molar-refractivity contribution is -0.146. The number of carbonyl (C=O) groups excluding carboxylic acids is 2. The van der Waals surface area contributed by atoms with Crippen molar-refractivity contribution in [2.75, 3.05) is 0 Å². The lowest BCUT2D eigenvalue weighted by atomic mass is 10.0. The van der Waals surface area contributed by atoms with Gasteiger partial charge in [0.2, 0.25) is 17.5 Å². The Morgan fingerprint density at radius 3 is 2.68 bits per heavy atom. The molecule has 1 atom stereocenters. The number of esters is 1. The van der Waals surface area contributed by atoms with Crippen LogP contribution in [0.4, 0.5) is 4.39 Å². The maximum absolute atomic E-state index is 13.0. The molecule has 0 aliphatic rings. The first-order valence-corrected chi connectivity index (χ1v) is 9.82.